The van der Waals surface area contributed by atoms with Gasteiger partial charge in [-0.3, -0.25) is 9.69 Å². The number of ether oxygens (including phenoxy) is 2. The monoisotopic (exact) mass is 459 g/mol. The maximum atomic E-state index is 11.5. The summed E-state index contributed by atoms with van der Waals surface area (Å²) in [5.41, 5.74) is 2.03. The summed E-state index contributed by atoms with van der Waals surface area (Å²) in [7, 11) is 3.19. The standard InChI is InChI=1S/C27H29N3O4/c1-27(17-19-7-5-4-6-8-19,30-13-10-20(11-14-30)26(31)32)12-9-22-21-15-24(33-2)25(34-3)16-23(21)29-18-28-22/h4-8,15-16,18,20H,10-11,13-14,17H2,1-3H3,(H,31,32)/t27-/m0/s1. The second-order valence-electron chi connectivity index (χ2n) is 8.73. The number of aromatic nitrogens is 2. The minimum atomic E-state index is -0.715. The number of carboxylic acid groups (broad SMARTS) is 1. The number of carbonyl (C=O) groups is 1. The minimum Gasteiger partial charge on any atom is -0.493 e. The van der Waals surface area contributed by atoms with E-state index in [1.165, 1.54) is 11.9 Å². The normalized spacial score (nSPS) is 16.3. The van der Waals surface area contributed by atoms with Crippen molar-refractivity contribution < 1.29 is 19.4 Å². The molecule has 1 aromatic heterocycles. The molecule has 3 aromatic rings. The zero-order valence-electron chi connectivity index (χ0n) is 19.7. The molecule has 0 spiro atoms. The Balaban J connectivity index is 1.72. The van der Waals surface area contributed by atoms with Crippen LogP contribution in [0.15, 0.2) is 48.8 Å². The van der Waals surface area contributed by atoms with Gasteiger partial charge in [0.2, 0.25) is 0 Å². The molecule has 176 valence electrons. The van der Waals surface area contributed by atoms with E-state index in [1.54, 1.807) is 14.2 Å². The number of nitrogens with zero attached hydrogens (tertiary/aromatic N) is 3. The molecule has 1 aliphatic rings. The molecule has 4 rings (SSSR count). The predicted octanol–water partition coefficient (Wildman–Crippen LogP) is 3.80. The first-order valence-corrected chi connectivity index (χ1v) is 11.3. The van der Waals surface area contributed by atoms with Crippen molar-refractivity contribution in [3.63, 3.8) is 0 Å². The molecule has 0 amide bonds. The van der Waals surface area contributed by atoms with Gasteiger partial charge in [-0.05, 0) is 37.3 Å². The summed E-state index contributed by atoms with van der Waals surface area (Å²) in [6.07, 6.45) is 3.47. The molecular formula is C27H29N3O4. The Morgan fingerprint density at radius 3 is 2.44 bits per heavy atom. The highest BCUT2D eigenvalue weighted by Gasteiger charge is 2.35. The Morgan fingerprint density at radius 1 is 1.12 bits per heavy atom. The lowest BCUT2D eigenvalue weighted by Gasteiger charge is -2.41. The van der Waals surface area contributed by atoms with Crippen LogP contribution in [0.4, 0.5) is 0 Å². The van der Waals surface area contributed by atoms with Crippen molar-refractivity contribution in [1.82, 2.24) is 14.9 Å². The molecular weight excluding hydrogens is 430 g/mol. The average Bonchev–Trinajstić information content (AvgIpc) is 2.87. The summed E-state index contributed by atoms with van der Waals surface area (Å²) in [6, 6.07) is 13.9. The molecule has 0 bridgehead atoms. The van der Waals surface area contributed by atoms with Crippen LogP contribution in [-0.4, -0.2) is 58.8 Å². The lowest BCUT2D eigenvalue weighted by atomic mass is 9.87. The Morgan fingerprint density at radius 2 is 1.79 bits per heavy atom. The van der Waals surface area contributed by atoms with Crippen molar-refractivity contribution >= 4 is 16.9 Å². The zero-order chi connectivity index (χ0) is 24.1. The first kappa shape index (κ1) is 23.5. The van der Waals surface area contributed by atoms with Gasteiger partial charge in [0.25, 0.3) is 0 Å². The molecule has 1 saturated heterocycles. The Labute approximate surface area is 199 Å². The van der Waals surface area contributed by atoms with Crippen molar-refractivity contribution in [1.29, 1.82) is 0 Å². The highest BCUT2D eigenvalue weighted by atomic mass is 16.5. The first-order chi connectivity index (χ1) is 16.4. The molecule has 2 heterocycles. The van der Waals surface area contributed by atoms with Gasteiger partial charge in [0, 0.05) is 31.0 Å². The van der Waals surface area contributed by atoms with Gasteiger partial charge in [0.05, 0.1) is 31.2 Å². The second-order valence-corrected chi connectivity index (χ2v) is 8.73. The Kier molecular flexibility index (Phi) is 6.99. The molecule has 1 atom stereocenters. The second kappa shape index (κ2) is 10.1. The van der Waals surface area contributed by atoms with Crippen LogP contribution in [0, 0.1) is 17.8 Å². The number of methoxy groups -OCH3 is 2. The maximum Gasteiger partial charge on any atom is 0.306 e. The Hall–Kier alpha value is -3.63. The molecule has 2 aromatic carbocycles. The number of hydrogen-bond donors (Lipinski definition) is 1. The van der Waals surface area contributed by atoms with Gasteiger partial charge in [-0.25, -0.2) is 9.97 Å². The van der Waals surface area contributed by atoms with Gasteiger partial charge >= 0.3 is 5.97 Å². The van der Waals surface area contributed by atoms with E-state index in [1.807, 2.05) is 30.3 Å². The molecule has 0 unspecified atom stereocenters. The summed E-state index contributed by atoms with van der Waals surface area (Å²) in [6.45, 7) is 3.50. The molecule has 0 aliphatic carbocycles. The first-order valence-electron chi connectivity index (χ1n) is 11.3. The summed E-state index contributed by atoms with van der Waals surface area (Å²) in [4.78, 5) is 22.6. The van der Waals surface area contributed by atoms with Crippen molar-refractivity contribution in [2.75, 3.05) is 27.3 Å². The lowest BCUT2D eigenvalue weighted by Crippen LogP contribution is -2.51. The number of aliphatic carboxylic acids is 1. The van der Waals surface area contributed by atoms with Crippen LogP contribution in [0.5, 0.6) is 11.5 Å². The van der Waals surface area contributed by atoms with Crippen molar-refractivity contribution in [3.8, 4) is 23.3 Å². The van der Waals surface area contributed by atoms with Gasteiger partial charge in [0.15, 0.2) is 11.5 Å². The minimum absolute atomic E-state index is 0.293. The van der Waals surface area contributed by atoms with Crippen LogP contribution in [0.2, 0.25) is 0 Å². The fraction of sp³-hybridized carbons (Fsp3) is 0.370. The molecule has 7 heteroatoms. The summed E-state index contributed by atoms with van der Waals surface area (Å²) >= 11 is 0. The molecule has 7 nitrogen and oxygen atoms in total. The number of piperidine rings is 1. The van der Waals surface area contributed by atoms with Gasteiger partial charge < -0.3 is 14.6 Å². The molecule has 1 fully saturated rings. The molecule has 0 radical (unpaired) electrons. The largest absolute Gasteiger partial charge is 0.493 e. The van der Waals surface area contributed by atoms with E-state index < -0.39 is 11.5 Å². The third-order valence-electron chi connectivity index (χ3n) is 6.52. The van der Waals surface area contributed by atoms with Crippen molar-refractivity contribution in [2.24, 2.45) is 5.92 Å². The highest BCUT2D eigenvalue weighted by Crippen LogP contribution is 2.32. The molecule has 1 aliphatic heterocycles. The highest BCUT2D eigenvalue weighted by molar-refractivity contribution is 5.86. The smallest absolute Gasteiger partial charge is 0.306 e. The van der Waals surface area contributed by atoms with Gasteiger partial charge in [0.1, 0.15) is 12.0 Å². The third kappa shape index (κ3) is 4.97. The SMILES string of the molecule is COc1cc2ncnc(C#C[C@@](C)(Cc3ccccc3)N3CCC(C(=O)O)CC3)c2cc1OC. The number of fused-ring (bicyclic) bond motifs is 1. The Bertz CT molecular complexity index is 1230. The maximum absolute atomic E-state index is 11.5. The van der Waals surface area contributed by atoms with Crippen LogP contribution in [0.1, 0.15) is 31.0 Å². The van der Waals surface area contributed by atoms with E-state index in [9.17, 15) is 9.90 Å². The fourth-order valence-electron chi connectivity index (χ4n) is 4.52. The molecule has 1 N–H and O–H groups in total. The van der Waals surface area contributed by atoms with Crippen molar-refractivity contribution in [2.45, 2.75) is 31.7 Å². The number of likely N-dealkylation sites (tertiary alicyclic amines) is 1. The van der Waals surface area contributed by atoms with Crippen LogP contribution >= 0.6 is 0 Å². The van der Waals surface area contributed by atoms with Crippen molar-refractivity contribution in [3.05, 3.63) is 60.0 Å². The van der Waals surface area contributed by atoms with E-state index in [-0.39, 0.29) is 5.92 Å². The van der Waals surface area contributed by atoms with Crippen LogP contribution in [-0.2, 0) is 11.2 Å². The number of carboxylic acids is 1. The average molecular weight is 460 g/mol. The van der Waals surface area contributed by atoms with Crippen LogP contribution in [0.3, 0.4) is 0 Å². The fourth-order valence-corrected chi connectivity index (χ4v) is 4.52. The number of rotatable bonds is 6. The van der Waals surface area contributed by atoms with E-state index in [4.69, 9.17) is 9.47 Å². The topological polar surface area (TPSA) is 84.8 Å². The molecule has 34 heavy (non-hydrogen) atoms. The molecule has 0 saturated carbocycles. The zero-order valence-corrected chi connectivity index (χ0v) is 19.7. The van der Waals surface area contributed by atoms with Gasteiger partial charge in [-0.2, -0.15) is 0 Å². The van der Waals surface area contributed by atoms with Gasteiger partial charge in [-0.1, -0.05) is 36.3 Å². The number of hydrogen-bond acceptors (Lipinski definition) is 6. The van der Waals surface area contributed by atoms with Crippen LogP contribution < -0.4 is 9.47 Å². The summed E-state index contributed by atoms with van der Waals surface area (Å²) in [5.74, 6) is 7.00. The third-order valence-corrected chi connectivity index (χ3v) is 6.52. The summed E-state index contributed by atoms with van der Waals surface area (Å²) < 4.78 is 10.9. The van der Waals surface area contributed by atoms with E-state index in [0.29, 0.717) is 43.1 Å². The van der Waals surface area contributed by atoms with E-state index in [0.717, 1.165) is 17.3 Å². The van der Waals surface area contributed by atoms with E-state index in [2.05, 4.69) is 45.8 Å². The predicted molar refractivity (Wildman–Crippen MR) is 130 cm³/mol. The lowest BCUT2D eigenvalue weighted by molar-refractivity contribution is -0.143. The number of benzene rings is 2. The van der Waals surface area contributed by atoms with Gasteiger partial charge in [-0.15, -0.1) is 0 Å². The van der Waals surface area contributed by atoms with E-state index >= 15 is 0 Å². The quantitative estimate of drug-likeness (QED) is 0.561. The van der Waals surface area contributed by atoms with Crippen LogP contribution in [0.25, 0.3) is 10.9 Å². The summed E-state index contributed by atoms with van der Waals surface area (Å²) in [5, 5.41) is 10.2.